The Hall–Kier alpha value is -1.29. The zero-order chi connectivity index (χ0) is 13.3. The van der Waals surface area contributed by atoms with Crippen LogP contribution >= 0.6 is 11.6 Å². The molecule has 0 aromatic carbocycles. The van der Waals surface area contributed by atoms with E-state index in [2.05, 4.69) is 18.8 Å². The second kappa shape index (κ2) is 5.14. The molecule has 2 unspecified atom stereocenters. The van der Waals surface area contributed by atoms with Crippen molar-refractivity contribution in [3.05, 3.63) is 22.8 Å². The highest BCUT2D eigenvalue weighted by Crippen LogP contribution is 2.28. The standard InChI is InChI=1S/C13H18ClN3O/c1-3-10-5-4-8(2)17(10)13(18)9-6-11(14)16-12(15)7-9/h6-8,10H,3-5H2,1-2H3,(H2,15,16). The van der Waals surface area contributed by atoms with Gasteiger partial charge in [-0.1, -0.05) is 18.5 Å². The maximum Gasteiger partial charge on any atom is 0.254 e. The van der Waals surface area contributed by atoms with Gasteiger partial charge in [0.1, 0.15) is 11.0 Å². The van der Waals surface area contributed by atoms with E-state index >= 15 is 0 Å². The van der Waals surface area contributed by atoms with Gasteiger partial charge < -0.3 is 10.6 Å². The van der Waals surface area contributed by atoms with Crippen LogP contribution in [0.5, 0.6) is 0 Å². The molecule has 1 saturated heterocycles. The molecule has 4 nitrogen and oxygen atoms in total. The van der Waals surface area contributed by atoms with Crippen LogP contribution in [0.15, 0.2) is 12.1 Å². The van der Waals surface area contributed by atoms with E-state index in [1.54, 1.807) is 12.1 Å². The van der Waals surface area contributed by atoms with Crippen molar-refractivity contribution in [1.29, 1.82) is 0 Å². The van der Waals surface area contributed by atoms with Crippen LogP contribution in [0.2, 0.25) is 5.15 Å². The SMILES string of the molecule is CCC1CCC(C)N1C(=O)c1cc(N)nc(Cl)c1. The molecule has 2 atom stereocenters. The third-order valence-electron chi connectivity index (χ3n) is 3.55. The van der Waals surface area contributed by atoms with Gasteiger partial charge in [-0.05, 0) is 38.3 Å². The summed E-state index contributed by atoms with van der Waals surface area (Å²) in [4.78, 5) is 18.3. The van der Waals surface area contributed by atoms with Crippen molar-refractivity contribution in [2.75, 3.05) is 5.73 Å². The van der Waals surface area contributed by atoms with Crippen LogP contribution in [0.4, 0.5) is 5.82 Å². The van der Waals surface area contributed by atoms with Crippen molar-refractivity contribution in [2.24, 2.45) is 0 Å². The summed E-state index contributed by atoms with van der Waals surface area (Å²) in [6, 6.07) is 3.76. The zero-order valence-corrected chi connectivity index (χ0v) is 11.4. The van der Waals surface area contributed by atoms with Gasteiger partial charge in [-0.15, -0.1) is 0 Å². The summed E-state index contributed by atoms with van der Waals surface area (Å²) >= 11 is 5.85. The lowest BCUT2D eigenvalue weighted by atomic mass is 10.1. The molecule has 0 radical (unpaired) electrons. The van der Waals surface area contributed by atoms with Crippen LogP contribution in [-0.2, 0) is 0 Å². The van der Waals surface area contributed by atoms with Crippen LogP contribution in [0.1, 0.15) is 43.5 Å². The van der Waals surface area contributed by atoms with Crippen LogP contribution < -0.4 is 5.73 Å². The van der Waals surface area contributed by atoms with Gasteiger partial charge in [0, 0.05) is 17.6 Å². The summed E-state index contributed by atoms with van der Waals surface area (Å²) in [6.07, 6.45) is 3.10. The molecular weight excluding hydrogens is 250 g/mol. The molecule has 1 aromatic heterocycles. The van der Waals surface area contributed by atoms with Gasteiger partial charge in [0.05, 0.1) is 0 Å². The summed E-state index contributed by atoms with van der Waals surface area (Å²) in [5.74, 6) is 0.286. The number of carbonyl (C=O) groups excluding carboxylic acids is 1. The van der Waals surface area contributed by atoms with Crippen molar-refractivity contribution in [1.82, 2.24) is 9.88 Å². The summed E-state index contributed by atoms with van der Waals surface area (Å²) < 4.78 is 0. The average Bonchev–Trinajstić information content (AvgIpc) is 2.68. The van der Waals surface area contributed by atoms with Crippen molar-refractivity contribution < 1.29 is 4.79 Å². The largest absolute Gasteiger partial charge is 0.384 e. The summed E-state index contributed by atoms with van der Waals surface area (Å²) in [5, 5.41) is 0.262. The van der Waals surface area contributed by atoms with E-state index in [0.717, 1.165) is 19.3 Å². The maximum absolute atomic E-state index is 12.5. The third kappa shape index (κ3) is 2.43. The van der Waals surface area contributed by atoms with E-state index in [1.807, 2.05) is 4.90 Å². The van der Waals surface area contributed by atoms with Crippen molar-refractivity contribution in [3.8, 4) is 0 Å². The monoisotopic (exact) mass is 267 g/mol. The lowest BCUT2D eigenvalue weighted by Gasteiger charge is -2.28. The fraction of sp³-hybridized carbons (Fsp3) is 0.538. The van der Waals surface area contributed by atoms with E-state index in [-0.39, 0.29) is 22.9 Å². The molecule has 2 N–H and O–H groups in total. The van der Waals surface area contributed by atoms with Crippen molar-refractivity contribution in [2.45, 2.75) is 45.2 Å². The second-order valence-electron chi connectivity index (χ2n) is 4.80. The van der Waals surface area contributed by atoms with Gasteiger partial charge >= 0.3 is 0 Å². The highest BCUT2D eigenvalue weighted by molar-refractivity contribution is 6.29. The average molecular weight is 268 g/mol. The molecule has 2 heterocycles. The van der Waals surface area contributed by atoms with Gasteiger partial charge in [0.2, 0.25) is 0 Å². The first kappa shape index (κ1) is 13.1. The first-order chi connectivity index (χ1) is 8.52. The number of hydrogen-bond donors (Lipinski definition) is 1. The van der Waals surface area contributed by atoms with Gasteiger partial charge in [-0.2, -0.15) is 0 Å². The second-order valence-corrected chi connectivity index (χ2v) is 5.19. The fourth-order valence-electron chi connectivity index (χ4n) is 2.63. The lowest BCUT2D eigenvalue weighted by Crippen LogP contribution is -2.39. The van der Waals surface area contributed by atoms with Gasteiger partial charge in [0.25, 0.3) is 5.91 Å². The number of rotatable bonds is 2. The predicted octanol–water partition coefficient (Wildman–Crippen LogP) is 2.72. The predicted molar refractivity (Wildman–Crippen MR) is 72.6 cm³/mol. The van der Waals surface area contributed by atoms with Crippen molar-refractivity contribution in [3.63, 3.8) is 0 Å². The molecule has 0 aliphatic carbocycles. The fourth-order valence-corrected chi connectivity index (χ4v) is 2.84. The Morgan fingerprint density at radius 3 is 2.89 bits per heavy atom. The first-order valence-electron chi connectivity index (χ1n) is 6.28. The topological polar surface area (TPSA) is 59.2 Å². The van der Waals surface area contributed by atoms with E-state index in [1.165, 1.54) is 0 Å². The molecule has 0 saturated carbocycles. The molecule has 1 fully saturated rings. The molecule has 0 spiro atoms. The third-order valence-corrected chi connectivity index (χ3v) is 3.75. The van der Waals surface area contributed by atoms with E-state index in [0.29, 0.717) is 11.6 Å². The molecule has 18 heavy (non-hydrogen) atoms. The number of nitrogen functional groups attached to an aromatic ring is 1. The minimum atomic E-state index is 0.00264. The molecule has 0 bridgehead atoms. The molecule has 1 aliphatic rings. The number of aromatic nitrogens is 1. The van der Waals surface area contributed by atoms with Gasteiger partial charge in [-0.3, -0.25) is 4.79 Å². The minimum Gasteiger partial charge on any atom is -0.384 e. The number of pyridine rings is 1. The van der Waals surface area contributed by atoms with E-state index in [9.17, 15) is 4.79 Å². The van der Waals surface area contributed by atoms with Gasteiger partial charge in [0.15, 0.2) is 0 Å². The Balaban J connectivity index is 2.29. The molecule has 98 valence electrons. The Morgan fingerprint density at radius 2 is 2.28 bits per heavy atom. The number of nitrogens with zero attached hydrogens (tertiary/aromatic N) is 2. The first-order valence-corrected chi connectivity index (χ1v) is 6.66. The number of nitrogens with two attached hydrogens (primary N) is 1. The number of amides is 1. The number of anilines is 1. The Morgan fingerprint density at radius 1 is 1.56 bits per heavy atom. The number of halogens is 1. The summed E-state index contributed by atoms with van der Waals surface area (Å²) in [7, 11) is 0. The number of likely N-dealkylation sites (tertiary alicyclic amines) is 1. The van der Waals surface area contributed by atoms with Crippen LogP contribution in [0.25, 0.3) is 0 Å². The summed E-state index contributed by atoms with van der Waals surface area (Å²) in [6.45, 7) is 4.19. The Labute approximate surface area is 112 Å². The zero-order valence-electron chi connectivity index (χ0n) is 10.7. The lowest BCUT2D eigenvalue weighted by molar-refractivity contribution is 0.0676. The number of hydrogen-bond acceptors (Lipinski definition) is 3. The highest BCUT2D eigenvalue weighted by atomic mass is 35.5. The maximum atomic E-state index is 12.5. The van der Waals surface area contributed by atoms with Crippen LogP contribution in [0.3, 0.4) is 0 Å². The smallest absolute Gasteiger partial charge is 0.254 e. The van der Waals surface area contributed by atoms with E-state index < -0.39 is 0 Å². The molecule has 1 aliphatic heterocycles. The molecule has 5 heteroatoms. The minimum absolute atomic E-state index is 0.00264. The quantitative estimate of drug-likeness (QED) is 0.838. The van der Waals surface area contributed by atoms with E-state index in [4.69, 9.17) is 17.3 Å². The van der Waals surface area contributed by atoms with Crippen LogP contribution in [0, 0.1) is 0 Å². The summed E-state index contributed by atoms with van der Waals surface area (Å²) in [5.41, 5.74) is 6.16. The molecule has 1 aromatic rings. The Bertz CT molecular complexity index is 443. The molecule has 2 rings (SSSR count). The number of carbonyl (C=O) groups is 1. The van der Waals surface area contributed by atoms with Crippen LogP contribution in [-0.4, -0.2) is 27.9 Å². The van der Waals surface area contributed by atoms with Gasteiger partial charge in [-0.25, -0.2) is 4.98 Å². The van der Waals surface area contributed by atoms with Crippen molar-refractivity contribution >= 4 is 23.3 Å². The molecular formula is C13H18ClN3O. The molecule has 1 amide bonds. The Kier molecular flexibility index (Phi) is 3.76. The normalized spacial score (nSPS) is 23.4. The highest BCUT2D eigenvalue weighted by Gasteiger charge is 2.33.